The van der Waals surface area contributed by atoms with Crippen LogP contribution in [0, 0.1) is 0 Å². The van der Waals surface area contributed by atoms with Gasteiger partial charge in [-0.2, -0.15) is 0 Å². The average molecular weight is 592 g/mol. The van der Waals surface area contributed by atoms with Gasteiger partial charge in [-0.25, -0.2) is 19.9 Å². The Bertz CT molecular complexity index is 2330. The van der Waals surface area contributed by atoms with Crippen molar-refractivity contribution in [1.29, 1.82) is 0 Å². The summed E-state index contributed by atoms with van der Waals surface area (Å²) < 4.78 is 2.33. The molecule has 0 unspecified atom stereocenters. The van der Waals surface area contributed by atoms with Crippen LogP contribution in [0.2, 0.25) is 0 Å². The quantitative estimate of drug-likeness (QED) is 0.204. The lowest BCUT2D eigenvalue weighted by Gasteiger charge is -2.27. The third kappa shape index (κ3) is 3.88. The second kappa shape index (κ2) is 10.0. The highest BCUT2D eigenvalue weighted by molar-refractivity contribution is 6.08. The Morgan fingerprint density at radius 2 is 1.04 bits per heavy atom. The first-order valence-corrected chi connectivity index (χ1v) is 15.6. The van der Waals surface area contributed by atoms with Crippen LogP contribution >= 0.6 is 0 Å². The Balaban J connectivity index is 1.29. The Kier molecular flexibility index (Phi) is 5.78. The van der Waals surface area contributed by atoms with Gasteiger partial charge in [0, 0.05) is 39.1 Å². The molecule has 0 fully saturated rings. The molecule has 9 rings (SSSR count). The lowest BCUT2D eigenvalue weighted by molar-refractivity contribution is 0.657. The maximum Gasteiger partial charge on any atom is 0.164 e. The highest BCUT2D eigenvalue weighted by Gasteiger charge is 2.40. The maximum atomic E-state index is 5.12. The van der Waals surface area contributed by atoms with Crippen LogP contribution in [0.3, 0.4) is 0 Å². The molecule has 3 heterocycles. The minimum absolute atomic E-state index is 0.364. The first-order valence-electron chi connectivity index (χ1n) is 15.6. The van der Waals surface area contributed by atoms with Crippen LogP contribution in [0.25, 0.3) is 72.9 Å². The summed E-state index contributed by atoms with van der Waals surface area (Å²) in [6.45, 7) is 4.65. The molecule has 0 spiro atoms. The van der Waals surface area contributed by atoms with E-state index in [0.29, 0.717) is 17.5 Å². The minimum Gasteiger partial charge on any atom is -0.294 e. The summed E-state index contributed by atoms with van der Waals surface area (Å²) >= 11 is 0. The molecular weight excluding hydrogens is 562 g/mol. The van der Waals surface area contributed by atoms with Crippen LogP contribution < -0.4 is 0 Å². The van der Waals surface area contributed by atoms with Gasteiger partial charge in [-0.3, -0.25) is 4.57 Å². The van der Waals surface area contributed by atoms with E-state index < -0.39 is 0 Å². The van der Waals surface area contributed by atoms with Gasteiger partial charge < -0.3 is 0 Å². The number of hydrogen-bond acceptors (Lipinski definition) is 4. The molecule has 0 amide bonds. The monoisotopic (exact) mass is 591 g/mol. The average Bonchev–Trinajstić information content (AvgIpc) is 3.58. The van der Waals surface area contributed by atoms with Crippen LogP contribution in [-0.2, 0) is 5.41 Å². The zero-order valence-electron chi connectivity index (χ0n) is 25.5. The van der Waals surface area contributed by atoms with Gasteiger partial charge in [-0.05, 0) is 46.5 Å². The van der Waals surface area contributed by atoms with E-state index in [-0.39, 0.29) is 5.41 Å². The van der Waals surface area contributed by atoms with Crippen LogP contribution in [-0.4, -0.2) is 24.5 Å². The Hall–Kier alpha value is -5.94. The molecule has 46 heavy (non-hydrogen) atoms. The van der Waals surface area contributed by atoms with Crippen molar-refractivity contribution < 1.29 is 0 Å². The maximum absolute atomic E-state index is 5.12. The summed E-state index contributed by atoms with van der Waals surface area (Å²) in [4.78, 5) is 20.1. The van der Waals surface area contributed by atoms with E-state index in [2.05, 4.69) is 109 Å². The number of para-hydroxylation sites is 1. The normalized spacial score (nSPS) is 13.2. The fourth-order valence-electron chi connectivity index (χ4n) is 7.34. The van der Waals surface area contributed by atoms with Crippen LogP contribution in [0.15, 0.2) is 140 Å². The number of nitrogens with zero attached hydrogens (tertiary/aromatic N) is 5. The molecule has 0 saturated heterocycles. The Morgan fingerprint density at radius 3 is 1.76 bits per heavy atom. The number of fused-ring (bicyclic) bond motifs is 6. The van der Waals surface area contributed by atoms with Crippen molar-refractivity contribution in [2.75, 3.05) is 0 Å². The molecule has 5 nitrogen and oxygen atoms in total. The van der Waals surface area contributed by atoms with Gasteiger partial charge >= 0.3 is 0 Å². The summed E-state index contributed by atoms with van der Waals surface area (Å²) in [6.07, 6.45) is 1.88. The molecule has 0 radical (unpaired) electrons. The fraction of sp³-hybridized carbons (Fsp3) is 0.0732. The Labute approximate surface area is 266 Å². The van der Waals surface area contributed by atoms with E-state index >= 15 is 0 Å². The van der Waals surface area contributed by atoms with Gasteiger partial charge in [0.2, 0.25) is 0 Å². The lowest BCUT2D eigenvalue weighted by Crippen LogP contribution is -2.19. The molecule has 218 valence electrons. The molecule has 3 aromatic heterocycles. The first-order chi connectivity index (χ1) is 22.6. The molecule has 1 aliphatic rings. The topological polar surface area (TPSA) is 56.5 Å². The van der Waals surface area contributed by atoms with Gasteiger partial charge in [-0.15, -0.1) is 0 Å². The predicted molar refractivity (Wildman–Crippen MR) is 186 cm³/mol. The van der Waals surface area contributed by atoms with E-state index in [9.17, 15) is 0 Å². The van der Waals surface area contributed by atoms with Crippen LogP contribution in [0.1, 0.15) is 25.0 Å². The van der Waals surface area contributed by atoms with E-state index in [4.69, 9.17) is 19.9 Å². The molecule has 8 aromatic rings. The van der Waals surface area contributed by atoms with Crippen molar-refractivity contribution in [2.24, 2.45) is 0 Å². The summed E-state index contributed by atoms with van der Waals surface area (Å²) in [5, 5.41) is 2.35. The van der Waals surface area contributed by atoms with Crippen molar-refractivity contribution in [1.82, 2.24) is 24.5 Å². The largest absolute Gasteiger partial charge is 0.294 e. The second-order valence-corrected chi connectivity index (χ2v) is 12.3. The third-order valence-corrected chi connectivity index (χ3v) is 9.26. The molecule has 0 saturated carbocycles. The van der Waals surface area contributed by atoms with Gasteiger partial charge in [0.05, 0.1) is 11.2 Å². The van der Waals surface area contributed by atoms with Gasteiger partial charge in [0.1, 0.15) is 5.65 Å². The highest BCUT2D eigenvalue weighted by Crippen LogP contribution is 2.54. The van der Waals surface area contributed by atoms with Crippen molar-refractivity contribution in [3.05, 3.63) is 151 Å². The molecule has 0 aliphatic heterocycles. The highest BCUT2D eigenvalue weighted by atomic mass is 15.1. The zero-order chi connectivity index (χ0) is 30.8. The summed E-state index contributed by atoms with van der Waals surface area (Å²) in [6, 6.07) is 46.2. The molecule has 0 atom stereocenters. The number of hydrogen-bond donors (Lipinski definition) is 0. The minimum atomic E-state index is -0.364. The van der Waals surface area contributed by atoms with E-state index in [1.807, 2.05) is 48.7 Å². The van der Waals surface area contributed by atoms with E-state index in [1.165, 1.54) is 27.6 Å². The molecule has 0 N–H and O–H groups in total. The second-order valence-electron chi connectivity index (χ2n) is 12.3. The summed E-state index contributed by atoms with van der Waals surface area (Å²) in [7, 11) is 0. The lowest BCUT2D eigenvalue weighted by atomic mass is 9.79. The van der Waals surface area contributed by atoms with Crippen molar-refractivity contribution in [2.45, 2.75) is 19.3 Å². The fourth-order valence-corrected chi connectivity index (χ4v) is 7.34. The van der Waals surface area contributed by atoms with Gasteiger partial charge in [0.15, 0.2) is 17.5 Å². The Morgan fingerprint density at radius 1 is 0.478 bits per heavy atom. The smallest absolute Gasteiger partial charge is 0.164 e. The molecule has 1 aliphatic carbocycles. The van der Waals surface area contributed by atoms with Crippen molar-refractivity contribution >= 4 is 21.9 Å². The molecule has 5 aromatic carbocycles. The third-order valence-electron chi connectivity index (χ3n) is 9.26. The van der Waals surface area contributed by atoms with E-state index in [1.54, 1.807) is 0 Å². The van der Waals surface area contributed by atoms with Crippen molar-refractivity contribution in [3.63, 3.8) is 0 Å². The number of benzene rings is 5. The summed E-state index contributed by atoms with van der Waals surface area (Å²) in [5.74, 6) is 1.99. The first kappa shape index (κ1) is 26.5. The SMILES string of the molecule is CC1(C)c2c(-c3nc(-c4ccccc4)nc(-c4ccccc4)n3)cccc2-c2cccc(-n3c4ccccc4c4cccnc43)c21. The number of pyridine rings is 1. The van der Waals surface area contributed by atoms with E-state index in [0.717, 1.165) is 38.9 Å². The van der Waals surface area contributed by atoms with Crippen LogP contribution in [0.4, 0.5) is 0 Å². The van der Waals surface area contributed by atoms with Gasteiger partial charge in [-0.1, -0.05) is 123 Å². The molecular formula is C41H29N5. The van der Waals surface area contributed by atoms with Crippen molar-refractivity contribution in [3.8, 4) is 51.0 Å². The summed E-state index contributed by atoms with van der Waals surface area (Å²) in [5.41, 5.74) is 10.7. The molecule has 0 bridgehead atoms. The number of rotatable bonds is 4. The predicted octanol–water partition coefficient (Wildman–Crippen LogP) is 9.67. The standard InChI is InChI=1S/C41H29N5/c1-41(2)35-29(30-20-12-24-34(36(30)41)46-33-23-10-9-18-28(33)31-22-13-25-42-40(31)46)19-11-21-32(35)39-44-37(26-14-5-3-6-15-26)43-38(45-39)27-16-7-4-8-17-27/h3-25H,1-2H3. The van der Waals surface area contributed by atoms with Crippen LogP contribution in [0.5, 0.6) is 0 Å². The van der Waals surface area contributed by atoms with Gasteiger partial charge in [0.25, 0.3) is 0 Å². The number of aromatic nitrogens is 5. The zero-order valence-corrected chi connectivity index (χ0v) is 25.5. The molecule has 5 heteroatoms.